The van der Waals surface area contributed by atoms with Gasteiger partial charge in [-0.1, -0.05) is 18.9 Å². The number of hydrogen-bond donors (Lipinski definition) is 2. The van der Waals surface area contributed by atoms with E-state index in [0.717, 1.165) is 24.8 Å². The summed E-state index contributed by atoms with van der Waals surface area (Å²) >= 11 is 0. The average molecular weight is 443 g/mol. The van der Waals surface area contributed by atoms with Gasteiger partial charge in [0.05, 0.1) is 5.56 Å². The molecule has 3 heterocycles. The van der Waals surface area contributed by atoms with Crippen LogP contribution >= 0.6 is 0 Å². The fraction of sp³-hybridized carbons (Fsp3) is 0.400. The zero-order valence-corrected chi connectivity index (χ0v) is 18.9. The molecule has 0 aromatic carbocycles. The Bertz CT molecular complexity index is 1260. The first-order chi connectivity index (χ1) is 16.1. The number of nitrogens with one attached hydrogen (secondary N) is 2. The van der Waals surface area contributed by atoms with Crippen molar-refractivity contribution in [3.63, 3.8) is 0 Å². The zero-order valence-electron chi connectivity index (χ0n) is 18.9. The highest BCUT2D eigenvalue weighted by molar-refractivity contribution is 5.97. The third-order valence-corrected chi connectivity index (χ3v) is 6.41. The molecule has 0 spiro atoms. The summed E-state index contributed by atoms with van der Waals surface area (Å²) in [7, 11) is 3.52. The number of anilines is 2. The average Bonchev–Trinajstić information content (AvgIpc) is 3.75. The molecule has 33 heavy (non-hydrogen) atoms. The molecule has 0 bridgehead atoms. The molecule has 2 N–H and O–H groups in total. The van der Waals surface area contributed by atoms with Gasteiger partial charge in [0.15, 0.2) is 11.6 Å². The van der Waals surface area contributed by atoms with E-state index >= 15 is 0 Å². The molecular weight excluding hydrogens is 416 g/mol. The predicted molar refractivity (Wildman–Crippen MR) is 126 cm³/mol. The van der Waals surface area contributed by atoms with Gasteiger partial charge < -0.3 is 15.4 Å². The second-order valence-electron chi connectivity index (χ2n) is 8.86. The number of nitrogens with zero attached hydrogens (tertiary/aromatic N) is 4. The van der Waals surface area contributed by atoms with E-state index < -0.39 is 0 Å². The molecule has 2 aliphatic rings. The normalized spacial score (nSPS) is 22.9. The second kappa shape index (κ2) is 8.75. The van der Waals surface area contributed by atoms with E-state index in [1.54, 1.807) is 26.4 Å². The molecule has 0 aliphatic heterocycles. The maximum Gasteiger partial charge on any atom is 0.228 e. The first kappa shape index (κ1) is 21.3. The molecular formula is C25H26N6O2. The molecule has 5 rings (SSSR count). The monoisotopic (exact) mass is 442 g/mol. The maximum atomic E-state index is 12.3. The minimum absolute atomic E-state index is 0.0145. The molecule has 168 valence electrons. The lowest BCUT2D eigenvalue weighted by molar-refractivity contribution is -0.117. The van der Waals surface area contributed by atoms with Crippen molar-refractivity contribution in [2.24, 2.45) is 17.8 Å². The quantitative estimate of drug-likeness (QED) is 0.565. The number of fused-ring (bicyclic) bond motifs is 1. The van der Waals surface area contributed by atoms with Crippen LogP contribution in [0, 0.1) is 29.6 Å². The van der Waals surface area contributed by atoms with Crippen LogP contribution in [0.25, 0.3) is 10.9 Å². The van der Waals surface area contributed by atoms with Gasteiger partial charge >= 0.3 is 0 Å². The molecule has 0 unspecified atom stereocenters. The number of methoxy groups -OCH3 is 1. The summed E-state index contributed by atoms with van der Waals surface area (Å²) in [5.41, 5.74) is 3.21. The van der Waals surface area contributed by atoms with Crippen LogP contribution in [-0.4, -0.2) is 46.8 Å². The molecule has 8 heteroatoms. The van der Waals surface area contributed by atoms with E-state index in [1.807, 2.05) is 12.3 Å². The Morgan fingerprint density at radius 2 is 2.03 bits per heavy atom. The first-order valence-electron chi connectivity index (χ1n) is 11.2. The summed E-state index contributed by atoms with van der Waals surface area (Å²) in [4.78, 5) is 21.3. The Labute approximate surface area is 192 Å². The Morgan fingerprint density at radius 1 is 1.18 bits per heavy atom. The third-order valence-electron chi connectivity index (χ3n) is 6.41. The smallest absolute Gasteiger partial charge is 0.228 e. The Balaban J connectivity index is 1.40. The molecule has 0 saturated heterocycles. The highest BCUT2D eigenvalue weighted by Crippen LogP contribution is 2.47. The number of carbonyl (C=O) groups is 1. The van der Waals surface area contributed by atoms with Gasteiger partial charge in [-0.05, 0) is 54.2 Å². The van der Waals surface area contributed by atoms with E-state index in [4.69, 9.17) is 4.74 Å². The van der Waals surface area contributed by atoms with Crippen molar-refractivity contribution in [3.8, 4) is 11.8 Å². The molecule has 3 aromatic rings. The Hall–Kier alpha value is -3.57. The van der Waals surface area contributed by atoms with Crippen LogP contribution in [0.5, 0.6) is 0 Å². The predicted octanol–water partition coefficient (Wildman–Crippen LogP) is 3.21. The van der Waals surface area contributed by atoms with Crippen LogP contribution in [0.15, 0.2) is 30.6 Å². The molecule has 8 nitrogen and oxygen atoms in total. The third kappa shape index (κ3) is 4.50. The van der Waals surface area contributed by atoms with Gasteiger partial charge in [-0.25, -0.2) is 9.97 Å². The largest absolute Gasteiger partial charge is 0.384 e. The van der Waals surface area contributed by atoms with Crippen LogP contribution in [0.4, 0.5) is 11.6 Å². The van der Waals surface area contributed by atoms with Crippen molar-refractivity contribution in [2.45, 2.75) is 25.7 Å². The molecule has 3 aromatic heterocycles. The van der Waals surface area contributed by atoms with Gasteiger partial charge in [0.25, 0.3) is 0 Å². The zero-order chi connectivity index (χ0) is 22.9. The number of rotatable bonds is 6. The summed E-state index contributed by atoms with van der Waals surface area (Å²) in [6.45, 7) is 2.86. The molecule has 2 fully saturated rings. The summed E-state index contributed by atoms with van der Waals surface area (Å²) < 4.78 is 5.24. The van der Waals surface area contributed by atoms with E-state index in [-0.39, 0.29) is 11.8 Å². The number of amides is 1. The molecule has 4 atom stereocenters. The maximum absolute atomic E-state index is 12.3. The number of ether oxygens (including phenoxy) is 1. The van der Waals surface area contributed by atoms with Crippen molar-refractivity contribution < 1.29 is 9.53 Å². The fourth-order valence-corrected chi connectivity index (χ4v) is 4.17. The number of hydrogen-bond acceptors (Lipinski definition) is 7. The molecule has 0 radical (unpaired) electrons. The van der Waals surface area contributed by atoms with Gasteiger partial charge in [0.1, 0.15) is 11.2 Å². The van der Waals surface area contributed by atoms with Gasteiger partial charge in [0.2, 0.25) is 5.91 Å². The summed E-state index contributed by atoms with van der Waals surface area (Å²) in [6, 6.07) is 5.85. The van der Waals surface area contributed by atoms with Crippen molar-refractivity contribution in [1.29, 1.82) is 0 Å². The molecule has 1 amide bonds. The number of pyridine rings is 2. The Kier molecular flexibility index (Phi) is 5.65. The fourth-order valence-electron chi connectivity index (χ4n) is 4.17. The number of aromatic nitrogens is 4. The lowest BCUT2D eigenvalue weighted by Gasteiger charge is -2.08. The van der Waals surface area contributed by atoms with Crippen molar-refractivity contribution in [1.82, 2.24) is 20.2 Å². The van der Waals surface area contributed by atoms with E-state index in [9.17, 15) is 4.79 Å². The summed E-state index contributed by atoms with van der Waals surface area (Å²) in [6.07, 6.45) is 5.67. The summed E-state index contributed by atoms with van der Waals surface area (Å²) in [5, 5.41) is 15.1. The Morgan fingerprint density at radius 3 is 2.73 bits per heavy atom. The molecule has 2 aliphatic carbocycles. The van der Waals surface area contributed by atoms with Crippen LogP contribution < -0.4 is 10.6 Å². The van der Waals surface area contributed by atoms with Crippen LogP contribution in [0.3, 0.4) is 0 Å². The second-order valence-corrected chi connectivity index (χ2v) is 8.86. The van der Waals surface area contributed by atoms with Crippen molar-refractivity contribution in [3.05, 3.63) is 47.4 Å². The number of carbonyl (C=O) groups excluding carboxylic acids is 1. The van der Waals surface area contributed by atoms with Gasteiger partial charge in [0, 0.05) is 44.5 Å². The van der Waals surface area contributed by atoms with Gasteiger partial charge in [-0.15, -0.1) is 10.2 Å². The lowest BCUT2D eigenvalue weighted by atomic mass is 10.1. The van der Waals surface area contributed by atoms with E-state index in [0.29, 0.717) is 46.2 Å². The van der Waals surface area contributed by atoms with E-state index in [1.165, 1.54) is 5.56 Å². The van der Waals surface area contributed by atoms with Gasteiger partial charge in [-0.3, -0.25) is 4.79 Å². The highest BCUT2D eigenvalue weighted by Gasteiger charge is 2.39. The standard InChI is InChI=1S/C25H26N6O2/c1-14-8-19(14)25(32)29-22-10-21-16(12-28-24(26-2)23(21)31-30-22)5-7-18-6-4-15(11-27-18)20-9-17(20)13-33-3/h4,6,10-12,14,17,19-20H,8-9,13H2,1-3H3,(H,26,28)(H,29,30,32)/t14-,17+,19+,20+/m1/s1. The van der Waals surface area contributed by atoms with Crippen LogP contribution in [0.1, 0.15) is 42.5 Å². The summed E-state index contributed by atoms with van der Waals surface area (Å²) in [5.74, 6) is 8.91. The highest BCUT2D eigenvalue weighted by atomic mass is 16.5. The van der Waals surface area contributed by atoms with Crippen LogP contribution in [0.2, 0.25) is 0 Å². The van der Waals surface area contributed by atoms with Crippen molar-refractivity contribution >= 4 is 28.4 Å². The lowest BCUT2D eigenvalue weighted by Crippen LogP contribution is -2.16. The SMILES string of the molecule is CNc1ncc(C#Cc2ccc([C@@H]3C[C@H]3COC)cn2)c2cc(NC(=O)[C@H]3C[C@H]3C)nnc12. The van der Waals surface area contributed by atoms with Crippen LogP contribution in [-0.2, 0) is 9.53 Å². The minimum atomic E-state index is -0.0145. The van der Waals surface area contributed by atoms with Crippen molar-refractivity contribution in [2.75, 3.05) is 31.4 Å². The minimum Gasteiger partial charge on any atom is -0.384 e. The topological polar surface area (TPSA) is 102 Å². The molecule has 2 saturated carbocycles. The first-order valence-corrected chi connectivity index (χ1v) is 11.2. The van der Waals surface area contributed by atoms with Gasteiger partial charge in [-0.2, -0.15) is 0 Å². The van der Waals surface area contributed by atoms with E-state index in [2.05, 4.69) is 55.6 Å².